The molecule has 0 bridgehead atoms. The van der Waals surface area contributed by atoms with Crippen LogP contribution in [0.2, 0.25) is 5.02 Å². The molecular weight excluding hydrogens is 307 g/mol. The van der Waals surface area contributed by atoms with Gasteiger partial charge in [-0.05, 0) is 41.5 Å². The van der Waals surface area contributed by atoms with Crippen molar-refractivity contribution in [2.24, 2.45) is 0 Å². The van der Waals surface area contributed by atoms with Gasteiger partial charge in [-0.2, -0.15) is 0 Å². The first-order valence-corrected chi connectivity index (χ1v) is 6.91. The molecule has 1 aliphatic rings. The minimum absolute atomic E-state index is 0.0449. The average molecular weight is 317 g/mol. The summed E-state index contributed by atoms with van der Waals surface area (Å²) in [5, 5.41) is 0.518. The van der Waals surface area contributed by atoms with Crippen molar-refractivity contribution in [2.75, 3.05) is 0 Å². The molecule has 0 radical (unpaired) electrons. The number of allylic oxidation sites excluding steroid dienone is 1. The van der Waals surface area contributed by atoms with Crippen LogP contribution in [-0.4, -0.2) is 11.8 Å². The van der Waals surface area contributed by atoms with Crippen molar-refractivity contribution >= 4 is 29.4 Å². The lowest BCUT2D eigenvalue weighted by molar-refractivity contribution is -0.136. The van der Waals surface area contributed by atoms with Gasteiger partial charge in [0, 0.05) is 5.02 Å². The first-order chi connectivity index (χ1) is 10.5. The molecule has 0 aliphatic carbocycles. The monoisotopic (exact) mass is 316 g/mol. The van der Waals surface area contributed by atoms with E-state index in [1.807, 2.05) is 0 Å². The Bertz CT molecular complexity index is 763. The summed E-state index contributed by atoms with van der Waals surface area (Å²) in [5.74, 6) is -2.45. The van der Waals surface area contributed by atoms with Gasteiger partial charge in [-0.3, -0.25) is 9.59 Å². The van der Waals surface area contributed by atoms with Crippen molar-refractivity contribution in [3.8, 4) is 0 Å². The number of ether oxygens (including phenoxy) is 1. The van der Waals surface area contributed by atoms with E-state index in [0.29, 0.717) is 16.1 Å². The van der Waals surface area contributed by atoms with Crippen molar-refractivity contribution in [1.29, 1.82) is 0 Å². The quantitative estimate of drug-likeness (QED) is 0.482. The van der Waals surface area contributed by atoms with Gasteiger partial charge >= 0.3 is 5.97 Å². The fraction of sp³-hybridized carbons (Fsp3) is 0.0588. The molecule has 1 heterocycles. The molecule has 0 amide bonds. The average Bonchev–Trinajstić information content (AvgIpc) is 2.77. The van der Waals surface area contributed by atoms with Crippen LogP contribution in [0.25, 0.3) is 6.08 Å². The molecule has 1 unspecified atom stereocenters. The molecule has 3 nitrogen and oxygen atoms in total. The smallest absolute Gasteiger partial charge is 0.327 e. The zero-order valence-corrected chi connectivity index (χ0v) is 12.0. The van der Waals surface area contributed by atoms with E-state index in [1.165, 1.54) is 30.3 Å². The normalized spacial score (nSPS) is 19.5. The molecule has 0 saturated carbocycles. The minimum Gasteiger partial charge on any atom is -0.422 e. The lowest BCUT2D eigenvalue weighted by Crippen LogP contribution is -2.12. The lowest BCUT2D eigenvalue weighted by Gasteiger charge is -2.03. The number of benzene rings is 2. The van der Waals surface area contributed by atoms with Gasteiger partial charge in [0.2, 0.25) is 5.78 Å². The number of hydrogen-bond acceptors (Lipinski definition) is 3. The zero-order chi connectivity index (χ0) is 15.7. The van der Waals surface area contributed by atoms with Crippen LogP contribution < -0.4 is 0 Å². The van der Waals surface area contributed by atoms with Gasteiger partial charge in [-0.1, -0.05) is 35.9 Å². The molecule has 22 heavy (non-hydrogen) atoms. The van der Waals surface area contributed by atoms with Crippen LogP contribution in [0.4, 0.5) is 4.39 Å². The Hall–Kier alpha value is -2.46. The van der Waals surface area contributed by atoms with Crippen molar-refractivity contribution in [1.82, 2.24) is 0 Å². The van der Waals surface area contributed by atoms with Crippen LogP contribution in [0.3, 0.4) is 0 Å². The number of rotatable bonds is 2. The standard InChI is InChI=1S/C17H10ClFO3/c18-12-5-3-11(4-6-12)15-16(20)14(22-17(15)21)9-10-1-7-13(19)8-2-10/h1-9,15H. The summed E-state index contributed by atoms with van der Waals surface area (Å²) in [6, 6.07) is 12.0. The Labute approximate surface area is 131 Å². The molecule has 1 fully saturated rings. The Balaban J connectivity index is 1.91. The molecule has 2 aromatic carbocycles. The van der Waals surface area contributed by atoms with Crippen molar-refractivity contribution < 1.29 is 18.7 Å². The summed E-state index contributed by atoms with van der Waals surface area (Å²) in [5.41, 5.74) is 1.11. The van der Waals surface area contributed by atoms with Gasteiger partial charge in [0.05, 0.1) is 0 Å². The maximum atomic E-state index is 12.9. The third-order valence-corrected chi connectivity index (χ3v) is 3.57. The Kier molecular flexibility index (Phi) is 3.77. The highest BCUT2D eigenvalue weighted by atomic mass is 35.5. The van der Waals surface area contributed by atoms with Gasteiger partial charge in [0.1, 0.15) is 11.7 Å². The van der Waals surface area contributed by atoms with Crippen LogP contribution in [0.5, 0.6) is 0 Å². The van der Waals surface area contributed by atoms with Gasteiger partial charge < -0.3 is 4.74 Å². The van der Waals surface area contributed by atoms with Crippen molar-refractivity contribution in [2.45, 2.75) is 5.92 Å². The maximum absolute atomic E-state index is 12.9. The van der Waals surface area contributed by atoms with E-state index >= 15 is 0 Å². The molecule has 1 atom stereocenters. The molecule has 2 aromatic rings. The summed E-state index contributed by atoms with van der Waals surface area (Å²) < 4.78 is 17.9. The van der Waals surface area contributed by atoms with E-state index in [-0.39, 0.29) is 11.6 Å². The predicted octanol–water partition coefficient (Wildman–Crippen LogP) is 3.73. The summed E-state index contributed by atoms with van der Waals surface area (Å²) in [6.45, 7) is 0. The lowest BCUT2D eigenvalue weighted by atomic mass is 9.95. The first-order valence-electron chi connectivity index (χ1n) is 6.53. The molecular formula is C17H10ClFO3. The summed E-state index contributed by atoms with van der Waals surface area (Å²) in [4.78, 5) is 24.3. The second kappa shape index (κ2) is 5.73. The fourth-order valence-corrected chi connectivity index (χ4v) is 2.35. The third kappa shape index (κ3) is 2.78. The van der Waals surface area contributed by atoms with Crippen molar-refractivity contribution in [3.63, 3.8) is 0 Å². The molecule has 0 aromatic heterocycles. The second-order valence-electron chi connectivity index (χ2n) is 4.83. The highest BCUT2D eigenvalue weighted by Gasteiger charge is 2.40. The number of carbonyl (C=O) groups excluding carboxylic acids is 2. The second-order valence-corrected chi connectivity index (χ2v) is 5.27. The molecule has 0 spiro atoms. The number of hydrogen-bond donors (Lipinski definition) is 0. The van der Waals surface area contributed by atoms with Crippen LogP contribution in [0.15, 0.2) is 54.3 Å². The molecule has 5 heteroatoms. The number of halogens is 2. The van der Waals surface area contributed by atoms with E-state index in [4.69, 9.17) is 16.3 Å². The largest absolute Gasteiger partial charge is 0.422 e. The number of Topliss-reactive ketones (excluding diaryl/α,β-unsaturated/α-hetero) is 1. The van der Waals surface area contributed by atoms with Gasteiger partial charge in [0.15, 0.2) is 5.76 Å². The van der Waals surface area contributed by atoms with Gasteiger partial charge in [-0.15, -0.1) is 0 Å². The fourth-order valence-electron chi connectivity index (χ4n) is 2.22. The zero-order valence-electron chi connectivity index (χ0n) is 11.3. The minimum atomic E-state index is -0.982. The summed E-state index contributed by atoms with van der Waals surface area (Å²) in [6.07, 6.45) is 1.43. The van der Waals surface area contributed by atoms with Crippen LogP contribution in [0.1, 0.15) is 17.0 Å². The third-order valence-electron chi connectivity index (χ3n) is 3.32. The molecule has 0 N–H and O–H groups in total. The number of cyclic esters (lactones) is 1. The maximum Gasteiger partial charge on any atom is 0.327 e. The van der Waals surface area contributed by atoms with Crippen LogP contribution >= 0.6 is 11.6 Å². The number of esters is 1. The molecule has 110 valence electrons. The van der Waals surface area contributed by atoms with Crippen LogP contribution in [0, 0.1) is 5.82 Å². The van der Waals surface area contributed by atoms with Gasteiger partial charge in [-0.25, -0.2) is 4.39 Å². The SMILES string of the molecule is O=C1OC(=Cc2ccc(F)cc2)C(=O)C1c1ccc(Cl)cc1. The highest BCUT2D eigenvalue weighted by Crippen LogP contribution is 2.31. The van der Waals surface area contributed by atoms with E-state index < -0.39 is 17.7 Å². The summed E-state index contributed by atoms with van der Waals surface area (Å²) in [7, 11) is 0. The van der Waals surface area contributed by atoms with Crippen molar-refractivity contribution in [3.05, 3.63) is 76.3 Å². The first kappa shape index (κ1) is 14.5. The Morgan fingerprint density at radius 2 is 1.64 bits per heavy atom. The molecule has 3 rings (SSSR count). The van der Waals surface area contributed by atoms with E-state index in [2.05, 4.69) is 0 Å². The van der Waals surface area contributed by atoms with Crippen LogP contribution in [-0.2, 0) is 14.3 Å². The van der Waals surface area contributed by atoms with Gasteiger partial charge in [0.25, 0.3) is 0 Å². The van der Waals surface area contributed by atoms with E-state index in [1.54, 1.807) is 24.3 Å². The topological polar surface area (TPSA) is 43.4 Å². The van der Waals surface area contributed by atoms with E-state index in [0.717, 1.165) is 0 Å². The summed E-state index contributed by atoms with van der Waals surface area (Å²) >= 11 is 5.80. The Morgan fingerprint density at radius 3 is 2.27 bits per heavy atom. The highest BCUT2D eigenvalue weighted by molar-refractivity contribution is 6.30. The van der Waals surface area contributed by atoms with E-state index in [9.17, 15) is 14.0 Å². The molecule has 1 saturated heterocycles. The number of ketones is 1. The predicted molar refractivity (Wildman–Crippen MR) is 79.7 cm³/mol. The Morgan fingerprint density at radius 1 is 1.00 bits per heavy atom. The number of carbonyl (C=O) groups is 2. The molecule has 1 aliphatic heterocycles.